The molecule has 0 spiro atoms. The minimum Gasteiger partial charge on any atom is -0.393 e. The Kier molecular flexibility index (Phi) is 2.94. The van der Waals surface area contributed by atoms with Gasteiger partial charge in [0, 0.05) is 6.61 Å². The van der Waals surface area contributed by atoms with Crippen molar-refractivity contribution in [2.45, 2.75) is 57.5 Å². The van der Waals surface area contributed by atoms with Crippen molar-refractivity contribution in [3.05, 3.63) is 0 Å². The van der Waals surface area contributed by atoms with E-state index >= 15 is 0 Å². The van der Waals surface area contributed by atoms with Gasteiger partial charge in [0.2, 0.25) is 0 Å². The molecule has 3 fully saturated rings. The van der Waals surface area contributed by atoms with E-state index in [-0.39, 0.29) is 12.4 Å². The van der Waals surface area contributed by atoms with Gasteiger partial charge in [-0.2, -0.15) is 0 Å². The highest BCUT2D eigenvalue weighted by atomic mass is 16.7. The van der Waals surface area contributed by atoms with Gasteiger partial charge in [0.05, 0.1) is 12.2 Å². The molecule has 3 nitrogen and oxygen atoms in total. The summed E-state index contributed by atoms with van der Waals surface area (Å²) in [6, 6.07) is 0. The maximum atomic E-state index is 9.92. The predicted octanol–water partition coefficient (Wildman–Crippen LogP) is 1.94. The lowest BCUT2D eigenvalue weighted by molar-refractivity contribution is -0.203. The average molecular weight is 226 g/mol. The van der Waals surface area contributed by atoms with Crippen LogP contribution in [-0.2, 0) is 9.47 Å². The largest absolute Gasteiger partial charge is 0.393 e. The normalized spacial score (nSPS) is 52.1. The molecule has 2 saturated carbocycles. The van der Waals surface area contributed by atoms with Gasteiger partial charge in [-0.1, -0.05) is 6.92 Å². The molecule has 0 amide bonds. The van der Waals surface area contributed by atoms with Crippen molar-refractivity contribution >= 4 is 0 Å². The first-order chi connectivity index (χ1) is 7.75. The first kappa shape index (κ1) is 11.0. The number of hydrogen-bond acceptors (Lipinski definition) is 3. The van der Waals surface area contributed by atoms with Gasteiger partial charge in [0.25, 0.3) is 0 Å². The first-order valence-electron chi connectivity index (χ1n) is 6.71. The van der Waals surface area contributed by atoms with Crippen molar-refractivity contribution in [2.24, 2.45) is 17.8 Å². The molecule has 1 aliphatic heterocycles. The van der Waals surface area contributed by atoms with Gasteiger partial charge < -0.3 is 14.6 Å². The van der Waals surface area contributed by atoms with Crippen LogP contribution in [-0.4, -0.2) is 30.2 Å². The molecule has 2 aliphatic carbocycles. The fraction of sp³-hybridized carbons (Fsp3) is 1.00. The van der Waals surface area contributed by atoms with Gasteiger partial charge >= 0.3 is 0 Å². The standard InChI is InChI=1S/C13H22O3/c1-8-6-11(9-7-10(9)13(8)14)16-12-4-2-3-5-15-12/h8-14H,2-7H2,1H3/t8-,9+,10-,11-,12?,13-/m0/s1. The van der Waals surface area contributed by atoms with Gasteiger partial charge in [-0.25, -0.2) is 0 Å². The zero-order chi connectivity index (χ0) is 11.1. The number of aliphatic hydroxyl groups excluding tert-OH is 1. The lowest BCUT2D eigenvalue weighted by Gasteiger charge is -2.34. The molecule has 0 aromatic heterocycles. The maximum absolute atomic E-state index is 9.92. The summed E-state index contributed by atoms with van der Waals surface area (Å²) in [5.41, 5.74) is 0. The summed E-state index contributed by atoms with van der Waals surface area (Å²) < 4.78 is 11.7. The Bertz CT molecular complexity index is 248. The summed E-state index contributed by atoms with van der Waals surface area (Å²) in [6.07, 6.45) is 5.89. The molecule has 0 aromatic carbocycles. The number of hydrogen-bond donors (Lipinski definition) is 1. The lowest BCUT2D eigenvalue weighted by atomic mass is 9.86. The third-order valence-corrected chi connectivity index (χ3v) is 4.46. The molecule has 92 valence electrons. The molecule has 3 rings (SSSR count). The number of rotatable bonds is 2. The summed E-state index contributed by atoms with van der Waals surface area (Å²) in [5, 5.41) is 9.92. The van der Waals surface area contributed by atoms with E-state index in [1.165, 1.54) is 12.8 Å². The van der Waals surface area contributed by atoms with Crippen LogP contribution < -0.4 is 0 Å². The quantitative estimate of drug-likeness (QED) is 0.782. The lowest BCUT2D eigenvalue weighted by Crippen LogP contribution is -2.37. The minimum absolute atomic E-state index is 0.0300. The van der Waals surface area contributed by atoms with E-state index < -0.39 is 0 Å². The van der Waals surface area contributed by atoms with E-state index in [0.717, 1.165) is 25.9 Å². The predicted molar refractivity (Wildman–Crippen MR) is 59.8 cm³/mol. The van der Waals surface area contributed by atoms with Gasteiger partial charge in [0.15, 0.2) is 6.29 Å². The van der Waals surface area contributed by atoms with E-state index in [2.05, 4.69) is 6.92 Å². The van der Waals surface area contributed by atoms with Crippen LogP contribution in [0.4, 0.5) is 0 Å². The van der Waals surface area contributed by atoms with E-state index in [4.69, 9.17) is 9.47 Å². The zero-order valence-electron chi connectivity index (χ0n) is 9.97. The summed E-state index contributed by atoms with van der Waals surface area (Å²) in [5.74, 6) is 1.51. The highest BCUT2D eigenvalue weighted by Gasteiger charge is 2.53. The molecule has 1 unspecified atom stereocenters. The number of ether oxygens (including phenoxy) is 2. The van der Waals surface area contributed by atoms with Crippen LogP contribution in [0.2, 0.25) is 0 Å². The van der Waals surface area contributed by atoms with Gasteiger partial charge in [0.1, 0.15) is 0 Å². The monoisotopic (exact) mass is 226 g/mol. The molecular formula is C13H22O3. The molecule has 6 atom stereocenters. The van der Waals surface area contributed by atoms with Crippen molar-refractivity contribution in [1.29, 1.82) is 0 Å². The third kappa shape index (κ3) is 2.01. The highest BCUT2D eigenvalue weighted by molar-refractivity contribution is 5.02. The summed E-state index contributed by atoms with van der Waals surface area (Å²) in [6.45, 7) is 2.99. The van der Waals surface area contributed by atoms with Gasteiger partial charge in [-0.05, 0) is 49.9 Å². The second kappa shape index (κ2) is 4.28. The smallest absolute Gasteiger partial charge is 0.157 e. The van der Waals surface area contributed by atoms with E-state index in [9.17, 15) is 5.11 Å². The van der Waals surface area contributed by atoms with E-state index in [1.54, 1.807) is 0 Å². The molecule has 3 aliphatic rings. The molecule has 1 N–H and O–H groups in total. The first-order valence-corrected chi connectivity index (χ1v) is 6.71. The number of fused-ring (bicyclic) bond motifs is 1. The van der Waals surface area contributed by atoms with Crippen LogP contribution in [0.5, 0.6) is 0 Å². The third-order valence-electron chi connectivity index (χ3n) is 4.46. The molecule has 1 heterocycles. The zero-order valence-corrected chi connectivity index (χ0v) is 9.97. The van der Waals surface area contributed by atoms with E-state index in [0.29, 0.717) is 23.9 Å². The minimum atomic E-state index is -0.0860. The molecule has 1 saturated heterocycles. The summed E-state index contributed by atoms with van der Waals surface area (Å²) in [7, 11) is 0. The summed E-state index contributed by atoms with van der Waals surface area (Å²) in [4.78, 5) is 0. The maximum Gasteiger partial charge on any atom is 0.157 e. The fourth-order valence-corrected chi connectivity index (χ4v) is 3.33. The molecular weight excluding hydrogens is 204 g/mol. The highest BCUT2D eigenvalue weighted by Crippen LogP contribution is 2.52. The Labute approximate surface area is 97.1 Å². The second-order valence-corrected chi connectivity index (χ2v) is 5.74. The van der Waals surface area contributed by atoms with E-state index in [1.807, 2.05) is 0 Å². The van der Waals surface area contributed by atoms with Gasteiger partial charge in [-0.15, -0.1) is 0 Å². The van der Waals surface area contributed by atoms with Crippen LogP contribution in [0.1, 0.15) is 39.0 Å². The summed E-state index contributed by atoms with van der Waals surface area (Å²) >= 11 is 0. The second-order valence-electron chi connectivity index (χ2n) is 5.74. The fourth-order valence-electron chi connectivity index (χ4n) is 3.33. The number of aliphatic hydroxyl groups is 1. The molecule has 3 heteroatoms. The molecule has 0 radical (unpaired) electrons. The van der Waals surface area contributed by atoms with Crippen LogP contribution in [0.25, 0.3) is 0 Å². The van der Waals surface area contributed by atoms with Crippen molar-refractivity contribution in [3.63, 3.8) is 0 Å². The van der Waals surface area contributed by atoms with Crippen LogP contribution in [0.3, 0.4) is 0 Å². The Morgan fingerprint density at radius 3 is 2.81 bits per heavy atom. The van der Waals surface area contributed by atoms with Crippen molar-refractivity contribution < 1.29 is 14.6 Å². The van der Waals surface area contributed by atoms with Gasteiger partial charge in [-0.3, -0.25) is 0 Å². The molecule has 0 aromatic rings. The Hall–Kier alpha value is -0.120. The Morgan fingerprint density at radius 1 is 1.19 bits per heavy atom. The van der Waals surface area contributed by atoms with Crippen molar-refractivity contribution in [3.8, 4) is 0 Å². The molecule has 16 heavy (non-hydrogen) atoms. The topological polar surface area (TPSA) is 38.7 Å². The SMILES string of the molecule is C[C@H]1C[C@H](OC2CCCCO2)[C@@H]2C[C@@H]2[C@H]1O. The molecule has 0 bridgehead atoms. The van der Waals surface area contributed by atoms with Crippen LogP contribution in [0, 0.1) is 17.8 Å². The Morgan fingerprint density at radius 2 is 2.06 bits per heavy atom. The average Bonchev–Trinajstić information content (AvgIpc) is 3.07. The van der Waals surface area contributed by atoms with Crippen molar-refractivity contribution in [2.75, 3.05) is 6.61 Å². The van der Waals surface area contributed by atoms with Crippen LogP contribution >= 0.6 is 0 Å². The van der Waals surface area contributed by atoms with Crippen molar-refractivity contribution in [1.82, 2.24) is 0 Å². The Balaban J connectivity index is 1.55. The van der Waals surface area contributed by atoms with Crippen LogP contribution in [0.15, 0.2) is 0 Å².